The summed E-state index contributed by atoms with van der Waals surface area (Å²) >= 11 is 0. The summed E-state index contributed by atoms with van der Waals surface area (Å²) in [6.45, 7) is 7.40. The third-order valence-corrected chi connectivity index (χ3v) is 4.78. The maximum absolute atomic E-state index is 12.0. The van der Waals surface area contributed by atoms with Crippen molar-refractivity contribution in [3.05, 3.63) is 11.8 Å². The highest BCUT2D eigenvalue weighted by Gasteiger charge is 2.26. The van der Waals surface area contributed by atoms with Gasteiger partial charge in [0.25, 0.3) is 0 Å². The molecule has 1 atom stereocenters. The van der Waals surface area contributed by atoms with Gasteiger partial charge in [-0.1, -0.05) is 20.3 Å². The minimum atomic E-state index is -3.19. The quantitative estimate of drug-likeness (QED) is 0.784. The van der Waals surface area contributed by atoms with Crippen molar-refractivity contribution in [3.8, 4) is 0 Å². The maximum Gasteiger partial charge on any atom is 0.234 e. The molecular formula is C11H20N2O3S. The molecule has 5 nitrogen and oxygen atoms in total. The summed E-state index contributed by atoms with van der Waals surface area (Å²) in [6, 6.07) is 0. The Balaban J connectivity index is 2.64. The van der Waals surface area contributed by atoms with Crippen LogP contribution in [0, 0.1) is 12.8 Å². The van der Waals surface area contributed by atoms with Crippen LogP contribution in [0.4, 0.5) is 0 Å². The van der Waals surface area contributed by atoms with E-state index >= 15 is 0 Å². The third kappa shape index (κ3) is 4.11. The van der Waals surface area contributed by atoms with Crippen molar-refractivity contribution in [2.24, 2.45) is 5.92 Å². The van der Waals surface area contributed by atoms with Crippen LogP contribution in [0.2, 0.25) is 0 Å². The molecule has 0 aliphatic carbocycles. The minimum absolute atomic E-state index is 0.174. The van der Waals surface area contributed by atoms with Crippen LogP contribution in [-0.2, 0) is 9.84 Å². The molecule has 0 aliphatic rings. The number of nitrogens with zero attached hydrogens (tertiary/aromatic N) is 2. The van der Waals surface area contributed by atoms with Gasteiger partial charge in [0.15, 0.2) is 9.84 Å². The number of hydrogen-bond donors (Lipinski definition) is 0. The number of aromatic nitrogens is 2. The zero-order valence-electron chi connectivity index (χ0n) is 10.8. The lowest BCUT2D eigenvalue weighted by molar-refractivity contribution is 0.460. The largest absolute Gasteiger partial charge is 0.424 e. The molecule has 1 rings (SSSR count). The molecule has 0 spiro atoms. The molecule has 0 fully saturated rings. The fourth-order valence-electron chi connectivity index (χ4n) is 1.50. The van der Waals surface area contributed by atoms with Crippen LogP contribution in [-0.4, -0.2) is 24.4 Å². The number of aryl methyl sites for hydroxylation is 1. The van der Waals surface area contributed by atoms with Gasteiger partial charge in [0.2, 0.25) is 11.8 Å². The standard InChI is InChI=1S/C11H20N2O3S/c1-8(2)6-5-7-17(14,15)9(3)11-13-12-10(4)16-11/h8-9H,5-7H2,1-4H3. The zero-order valence-corrected chi connectivity index (χ0v) is 11.6. The zero-order chi connectivity index (χ0) is 13.1. The highest BCUT2D eigenvalue weighted by atomic mass is 32.2. The second kappa shape index (κ2) is 5.62. The van der Waals surface area contributed by atoms with Crippen molar-refractivity contribution in [1.82, 2.24) is 10.2 Å². The van der Waals surface area contributed by atoms with Gasteiger partial charge in [0, 0.05) is 6.92 Å². The normalized spacial score (nSPS) is 14.2. The molecule has 0 saturated carbocycles. The van der Waals surface area contributed by atoms with E-state index in [0.717, 1.165) is 6.42 Å². The third-order valence-electron chi connectivity index (χ3n) is 2.64. The van der Waals surface area contributed by atoms with Crippen LogP contribution in [0.5, 0.6) is 0 Å². The van der Waals surface area contributed by atoms with E-state index in [2.05, 4.69) is 24.0 Å². The Morgan fingerprint density at radius 1 is 1.24 bits per heavy atom. The van der Waals surface area contributed by atoms with Gasteiger partial charge in [-0.15, -0.1) is 10.2 Å². The first-order valence-corrected chi connectivity index (χ1v) is 7.56. The van der Waals surface area contributed by atoms with Crippen molar-refractivity contribution >= 4 is 9.84 Å². The van der Waals surface area contributed by atoms with Gasteiger partial charge in [-0.05, 0) is 19.3 Å². The van der Waals surface area contributed by atoms with E-state index in [-0.39, 0.29) is 11.6 Å². The first-order chi connectivity index (χ1) is 7.83. The summed E-state index contributed by atoms with van der Waals surface area (Å²) in [5.41, 5.74) is 0. The molecule has 0 amide bonds. The lowest BCUT2D eigenvalue weighted by Crippen LogP contribution is -2.15. The maximum atomic E-state index is 12.0. The Morgan fingerprint density at radius 3 is 2.35 bits per heavy atom. The fraction of sp³-hybridized carbons (Fsp3) is 0.818. The molecule has 1 unspecified atom stereocenters. The van der Waals surface area contributed by atoms with E-state index in [1.165, 1.54) is 0 Å². The average Bonchev–Trinajstić information content (AvgIpc) is 2.62. The predicted octanol–water partition coefficient (Wildman–Crippen LogP) is 2.29. The minimum Gasteiger partial charge on any atom is -0.424 e. The summed E-state index contributed by atoms with van der Waals surface area (Å²) in [5.74, 6) is 1.27. The fourth-order valence-corrected chi connectivity index (χ4v) is 2.82. The Hall–Kier alpha value is -0.910. The van der Waals surface area contributed by atoms with E-state index < -0.39 is 15.1 Å². The Morgan fingerprint density at radius 2 is 1.88 bits per heavy atom. The molecule has 17 heavy (non-hydrogen) atoms. The summed E-state index contributed by atoms with van der Waals surface area (Å²) in [6.07, 6.45) is 1.59. The molecule has 0 radical (unpaired) electrons. The van der Waals surface area contributed by atoms with E-state index in [4.69, 9.17) is 4.42 Å². The summed E-state index contributed by atoms with van der Waals surface area (Å²) in [5, 5.41) is 6.70. The molecule has 1 heterocycles. The number of hydrogen-bond acceptors (Lipinski definition) is 5. The topological polar surface area (TPSA) is 73.1 Å². The Kier molecular flexibility index (Phi) is 4.68. The summed E-state index contributed by atoms with van der Waals surface area (Å²) in [4.78, 5) is 0. The molecule has 0 saturated heterocycles. The lowest BCUT2D eigenvalue weighted by Gasteiger charge is -2.09. The highest BCUT2D eigenvalue weighted by molar-refractivity contribution is 7.91. The van der Waals surface area contributed by atoms with Crippen LogP contribution in [0.25, 0.3) is 0 Å². The van der Waals surface area contributed by atoms with E-state index in [0.29, 0.717) is 18.2 Å². The summed E-state index contributed by atoms with van der Waals surface area (Å²) in [7, 11) is -3.19. The van der Waals surface area contributed by atoms with Gasteiger partial charge in [-0.2, -0.15) is 0 Å². The van der Waals surface area contributed by atoms with E-state index in [9.17, 15) is 8.42 Å². The second-order valence-electron chi connectivity index (χ2n) is 4.70. The van der Waals surface area contributed by atoms with E-state index in [1.54, 1.807) is 13.8 Å². The first kappa shape index (κ1) is 14.2. The van der Waals surface area contributed by atoms with Gasteiger partial charge in [0.1, 0.15) is 5.25 Å². The lowest BCUT2D eigenvalue weighted by atomic mass is 10.1. The molecule has 1 aromatic heterocycles. The van der Waals surface area contributed by atoms with E-state index in [1.807, 2.05) is 0 Å². The average molecular weight is 260 g/mol. The molecule has 98 valence electrons. The van der Waals surface area contributed by atoms with Crippen LogP contribution in [0.1, 0.15) is 50.6 Å². The van der Waals surface area contributed by atoms with Gasteiger partial charge in [-0.25, -0.2) is 8.42 Å². The smallest absolute Gasteiger partial charge is 0.234 e. The molecule has 0 aromatic carbocycles. The Bertz CT molecular complexity index is 451. The van der Waals surface area contributed by atoms with Crippen LogP contribution >= 0.6 is 0 Å². The molecule has 6 heteroatoms. The number of rotatable bonds is 6. The molecule has 0 N–H and O–H groups in total. The number of sulfone groups is 1. The predicted molar refractivity (Wildman–Crippen MR) is 65.3 cm³/mol. The summed E-state index contributed by atoms with van der Waals surface area (Å²) < 4.78 is 29.1. The van der Waals surface area contributed by atoms with Crippen molar-refractivity contribution in [3.63, 3.8) is 0 Å². The highest BCUT2D eigenvalue weighted by Crippen LogP contribution is 2.22. The van der Waals surface area contributed by atoms with Crippen molar-refractivity contribution in [1.29, 1.82) is 0 Å². The van der Waals surface area contributed by atoms with Crippen LogP contribution in [0.3, 0.4) is 0 Å². The van der Waals surface area contributed by atoms with Gasteiger partial charge >= 0.3 is 0 Å². The van der Waals surface area contributed by atoms with Crippen LogP contribution < -0.4 is 0 Å². The second-order valence-corrected chi connectivity index (χ2v) is 7.15. The van der Waals surface area contributed by atoms with Crippen LogP contribution in [0.15, 0.2) is 4.42 Å². The SMILES string of the molecule is Cc1nnc(C(C)S(=O)(=O)CCCC(C)C)o1. The van der Waals surface area contributed by atoms with Gasteiger partial charge < -0.3 is 4.42 Å². The van der Waals surface area contributed by atoms with Gasteiger partial charge in [-0.3, -0.25) is 0 Å². The Labute approximate surface area is 103 Å². The van der Waals surface area contributed by atoms with Crippen molar-refractivity contribution in [2.45, 2.75) is 45.8 Å². The molecular weight excluding hydrogens is 240 g/mol. The van der Waals surface area contributed by atoms with Crippen molar-refractivity contribution < 1.29 is 12.8 Å². The van der Waals surface area contributed by atoms with Gasteiger partial charge in [0.05, 0.1) is 5.75 Å². The van der Waals surface area contributed by atoms with Crippen molar-refractivity contribution in [2.75, 3.05) is 5.75 Å². The molecule has 0 bridgehead atoms. The first-order valence-electron chi connectivity index (χ1n) is 5.84. The molecule has 0 aliphatic heterocycles. The molecule has 1 aromatic rings. The monoisotopic (exact) mass is 260 g/mol.